The summed E-state index contributed by atoms with van der Waals surface area (Å²) in [5.74, 6) is -0.859. The summed E-state index contributed by atoms with van der Waals surface area (Å²) in [6.45, 7) is 11.5. The van der Waals surface area contributed by atoms with Crippen LogP contribution in [0.5, 0.6) is 0 Å². The number of nitrogens with one attached hydrogen (secondary N) is 2. The van der Waals surface area contributed by atoms with Gasteiger partial charge in [0.05, 0.1) is 0 Å². The van der Waals surface area contributed by atoms with Crippen molar-refractivity contribution >= 4 is 23.5 Å². The summed E-state index contributed by atoms with van der Waals surface area (Å²) in [4.78, 5) is 39.1. The van der Waals surface area contributed by atoms with Crippen molar-refractivity contribution < 1.29 is 14.4 Å². The van der Waals surface area contributed by atoms with Crippen molar-refractivity contribution in [2.24, 2.45) is 0 Å². The summed E-state index contributed by atoms with van der Waals surface area (Å²) in [5, 5.41) is 5.52. The number of urea groups is 1. The van der Waals surface area contributed by atoms with Crippen LogP contribution in [0.3, 0.4) is 0 Å². The van der Waals surface area contributed by atoms with Gasteiger partial charge in [-0.05, 0) is 60.6 Å². The van der Waals surface area contributed by atoms with E-state index in [9.17, 15) is 14.4 Å². The number of rotatable bonds is 4. The second-order valence-corrected chi connectivity index (χ2v) is 9.20. The maximum atomic E-state index is 13.1. The molecule has 6 heteroatoms. The Hall–Kier alpha value is -3.15. The largest absolute Gasteiger partial charge is 0.325 e. The van der Waals surface area contributed by atoms with E-state index in [1.807, 2.05) is 56.3 Å². The van der Waals surface area contributed by atoms with Crippen molar-refractivity contribution in [2.75, 3.05) is 11.9 Å². The lowest BCUT2D eigenvalue weighted by Gasteiger charge is -2.24. The van der Waals surface area contributed by atoms with Gasteiger partial charge in [-0.1, -0.05) is 51.1 Å². The van der Waals surface area contributed by atoms with E-state index in [0.717, 1.165) is 21.6 Å². The summed E-state index contributed by atoms with van der Waals surface area (Å²) < 4.78 is 0. The van der Waals surface area contributed by atoms with E-state index >= 15 is 0 Å². The Labute approximate surface area is 177 Å². The van der Waals surface area contributed by atoms with E-state index in [1.54, 1.807) is 6.92 Å². The first kappa shape index (κ1) is 21.6. The van der Waals surface area contributed by atoms with Crippen molar-refractivity contribution in [1.29, 1.82) is 0 Å². The van der Waals surface area contributed by atoms with E-state index in [-0.39, 0.29) is 12.0 Å². The third-order valence-electron chi connectivity index (χ3n) is 5.41. The number of imide groups is 1. The molecule has 0 aliphatic carbocycles. The molecule has 0 radical (unpaired) electrons. The van der Waals surface area contributed by atoms with Gasteiger partial charge < -0.3 is 10.6 Å². The SMILES string of the molecule is Cc1cc(C)cc(NC(=O)CN2C(=O)NC(C)(c3ccc(C(C)(C)C)cc3)C2=O)c1. The first-order chi connectivity index (χ1) is 13.9. The van der Waals surface area contributed by atoms with Crippen LogP contribution in [0.2, 0.25) is 0 Å². The van der Waals surface area contributed by atoms with Gasteiger partial charge in [0.25, 0.3) is 5.91 Å². The Morgan fingerprint density at radius 3 is 2.13 bits per heavy atom. The maximum absolute atomic E-state index is 13.1. The highest BCUT2D eigenvalue weighted by Gasteiger charge is 2.49. The third-order valence-corrected chi connectivity index (χ3v) is 5.41. The summed E-state index contributed by atoms with van der Waals surface area (Å²) in [7, 11) is 0. The molecule has 2 aromatic rings. The lowest BCUT2D eigenvalue weighted by atomic mass is 9.84. The average molecular weight is 408 g/mol. The Morgan fingerprint density at radius 1 is 1.03 bits per heavy atom. The number of aryl methyl sites for hydroxylation is 2. The van der Waals surface area contributed by atoms with Crippen molar-refractivity contribution in [3.63, 3.8) is 0 Å². The smallest absolute Gasteiger partial charge is 0.325 e. The van der Waals surface area contributed by atoms with Gasteiger partial charge in [0.1, 0.15) is 12.1 Å². The fourth-order valence-electron chi connectivity index (χ4n) is 3.73. The van der Waals surface area contributed by atoms with Crippen LogP contribution in [0.1, 0.15) is 49.9 Å². The molecule has 1 saturated heterocycles. The molecule has 0 saturated carbocycles. The van der Waals surface area contributed by atoms with Crippen LogP contribution in [-0.4, -0.2) is 29.3 Å². The van der Waals surface area contributed by atoms with Gasteiger partial charge in [-0.15, -0.1) is 0 Å². The topological polar surface area (TPSA) is 78.5 Å². The number of amides is 4. The number of carbonyl (C=O) groups excluding carboxylic acids is 3. The van der Waals surface area contributed by atoms with Gasteiger partial charge in [-0.3, -0.25) is 14.5 Å². The van der Waals surface area contributed by atoms with Gasteiger partial charge in [-0.25, -0.2) is 4.79 Å². The third kappa shape index (κ3) is 4.22. The molecule has 0 bridgehead atoms. The fourth-order valence-corrected chi connectivity index (χ4v) is 3.73. The maximum Gasteiger partial charge on any atom is 0.325 e. The Bertz CT molecular complexity index is 985. The molecule has 1 fully saturated rings. The van der Waals surface area contributed by atoms with Crippen LogP contribution in [0.15, 0.2) is 42.5 Å². The summed E-state index contributed by atoms with van der Waals surface area (Å²) >= 11 is 0. The monoisotopic (exact) mass is 407 g/mol. The van der Waals surface area contributed by atoms with Crippen LogP contribution in [0.4, 0.5) is 10.5 Å². The molecular formula is C24H29N3O3. The van der Waals surface area contributed by atoms with Crippen LogP contribution >= 0.6 is 0 Å². The summed E-state index contributed by atoms with van der Waals surface area (Å²) in [5.41, 5.74) is 3.29. The Balaban J connectivity index is 1.76. The fraction of sp³-hybridized carbons (Fsp3) is 0.375. The predicted octanol–water partition coefficient (Wildman–Crippen LogP) is 4.01. The molecule has 30 heavy (non-hydrogen) atoms. The molecule has 1 atom stereocenters. The highest BCUT2D eigenvalue weighted by Crippen LogP contribution is 2.31. The van der Waals surface area contributed by atoms with Crippen molar-refractivity contribution in [1.82, 2.24) is 10.2 Å². The van der Waals surface area contributed by atoms with Crippen LogP contribution in [0, 0.1) is 13.8 Å². The minimum Gasteiger partial charge on any atom is -0.325 e. The number of anilines is 1. The zero-order chi connectivity index (χ0) is 22.3. The van der Waals surface area contributed by atoms with E-state index in [1.165, 1.54) is 0 Å². The molecule has 1 aliphatic heterocycles. The standard InChI is InChI=1S/C24H29N3O3/c1-15-11-16(2)13-19(12-15)25-20(28)14-27-21(29)24(6,26-22(27)30)18-9-7-17(8-10-18)23(3,4)5/h7-13H,14H2,1-6H3,(H,25,28)(H,26,30). The first-order valence-electron chi connectivity index (χ1n) is 10.0. The normalized spacial score (nSPS) is 19.1. The lowest BCUT2D eigenvalue weighted by molar-refractivity contribution is -0.133. The molecule has 4 amide bonds. The van der Waals surface area contributed by atoms with Crippen molar-refractivity contribution in [3.8, 4) is 0 Å². The molecule has 0 spiro atoms. The number of nitrogens with zero attached hydrogens (tertiary/aromatic N) is 1. The molecule has 158 valence electrons. The second kappa shape index (κ2) is 7.59. The summed E-state index contributed by atoms with van der Waals surface area (Å²) in [6.07, 6.45) is 0. The minimum atomic E-state index is -1.20. The Kier molecular flexibility index (Phi) is 5.46. The Morgan fingerprint density at radius 2 is 1.60 bits per heavy atom. The lowest BCUT2D eigenvalue weighted by Crippen LogP contribution is -2.42. The summed E-state index contributed by atoms with van der Waals surface area (Å²) in [6, 6.07) is 12.8. The van der Waals surface area contributed by atoms with Gasteiger partial charge in [0, 0.05) is 5.69 Å². The predicted molar refractivity (Wildman–Crippen MR) is 117 cm³/mol. The van der Waals surface area contributed by atoms with E-state index < -0.39 is 23.4 Å². The highest BCUT2D eigenvalue weighted by molar-refractivity contribution is 6.10. The van der Waals surface area contributed by atoms with Crippen LogP contribution < -0.4 is 10.6 Å². The molecule has 6 nitrogen and oxygen atoms in total. The van der Waals surface area contributed by atoms with E-state index in [4.69, 9.17) is 0 Å². The molecule has 3 rings (SSSR count). The quantitative estimate of drug-likeness (QED) is 0.752. The van der Waals surface area contributed by atoms with Crippen molar-refractivity contribution in [2.45, 2.75) is 52.5 Å². The molecular weight excluding hydrogens is 378 g/mol. The number of benzene rings is 2. The molecule has 1 heterocycles. The van der Waals surface area contributed by atoms with Gasteiger partial charge >= 0.3 is 6.03 Å². The molecule has 1 unspecified atom stereocenters. The second-order valence-electron chi connectivity index (χ2n) is 9.20. The minimum absolute atomic E-state index is 0.0133. The number of carbonyl (C=O) groups is 3. The zero-order valence-corrected chi connectivity index (χ0v) is 18.4. The molecule has 2 N–H and O–H groups in total. The van der Waals surface area contributed by atoms with Crippen LogP contribution in [0.25, 0.3) is 0 Å². The van der Waals surface area contributed by atoms with E-state index in [0.29, 0.717) is 11.3 Å². The molecule has 2 aromatic carbocycles. The highest BCUT2D eigenvalue weighted by atomic mass is 16.2. The molecule has 1 aliphatic rings. The van der Waals surface area contributed by atoms with E-state index in [2.05, 4.69) is 31.4 Å². The van der Waals surface area contributed by atoms with Crippen molar-refractivity contribution in [3.05, 3.63) is 64.7 Å². The average Bonchev–Trinajstić information content (AvgIpc) is 2.84. The molecule has 0 aromatic heterocycles. The number of hydrogen-bond acceptors (Lipinski definition) is 3. The number of hydrogen-bond donors (Lipinski definition) is 2. The zero-order valence-electron chi connectivity index (χ0n) is 18.4. The van der Waals surface area contributed by atoms with Gasteiger partial charge in [0.2, 0.25) is 5.91 Å². The first-order valence-corrected chi connectivity index (χ1v) is 10.0. The van der Waals surface area contributed by atoms with Gasteiger partial charge in [-0.2, -0.15) is 0 Å². The van der Waals surface area contributed by atoms with Gasteiger partial charge in [0.15, 0.2) is 0 Å². The van der Waals surface area contributed by atoms with Crippen LogP contribution in [-0.2, 0) is 20.5 Å².